The summed E-state index contributed by atoms with van der Waals surface area (Å²) in [5.41, 5.74) is 0.875. The van der Waals surface area contributed by atoms with Crippen LogP contribution in [0.15, 0.2) is 34.8 Å². The monoisotopic (exact) mass is 202 g/mol. The summed E-state index contributed by atoms with van der Waals surface area (Å²) in [7, 11) is 1.53. The molecular formula is C9H8Cl2O. The van der Waals surface area contributed by atoms with Gasteiger partial charge in [-0.3, -0.25) is 0 Å². The smallest absolute Gasteiger partial charge is 0.156 e. The molecule has 1 nitrogen and oxygen atoms in total. The van der Waals surface area contributed by atoms with Crippen molar-refractivity contribution < 1.29 is 4.74 Å². The Morgan fingerprint density at radius 2 is 1.75 bits per heavy atom. The first kappa shape index (κ1) is 9.43. The van der Waals surface area contributed by atoms with Crippen LogP contribution in [0.1, 0.15) is 5.56 Å². The SMILES string of the molecule is COC(=C(Cl)Cl)c1ccccc1. The van der Waals surface area contributed by atoms with Gasteiger partial charge in [-0.05, 0) is 0 Å². The van der Waals surface area contributed by atoms with Crippen molar-refractivity contribution in [1.29, 1.82) is 0 Å². The van der Waals surface area contributed by atoms with Crippen LogP contribution in [0.25, 0.3) is 5.76 Å². The van der Waals surface area contributed by atoms with Gasteiger partial charge in [0, 0.05) is 5.56 Å². The third-order valence-electron chi connectivity index (χ3n) is 1.41. The summed E-state index contributed by atoms with van der Waals surface area (Å²) in [4.78, 5) is 0. The number of rotatable bonds is 2. The molecule has 1 rings (SSSR count). The van der Waals surface area contributed by atoms with E-state index in [0.717, 1.165) is 5.56 Å². The second-order valence-corrected chi connectivity index (χ2v) is 3.11. The molecule has 0 N–H and O–H groups in total. The van der Waals surface area contributed by atoms with Gasteiger partial charge in [-0.2, -0.15) is 0 Å². The first-order valence-electron chi connectivity index (χ1n) is 3.40. The van der Waals surface area contributed by atoms with Crippen molar-refractivity contribution in [3.8, 4) is 0 Å². The van der Waals surface area contributed by atoms with Crippen LogP contribution in [0.4, 0.5) is 0 Å². The molecule has 12 heavy (non-hydrogen) atoms. The largest absolute Gasteiger partial charge is 0.494 e. The fraction of sp³-hybridized carbons (Fsp3) is 0.111. The van der Waals surface area contributed by atoms with Crippen LogP contribution >= 0.6 is 23.2 Å². The van der Waals surface area contributed by atoms with Gasteiger partial charge in [-0.15, -0.1) is 0 Å². The quantitative estimate of drug-likeness (QED) is 0.669. The highest BCUT2D eigenvalue weighted by Gasteiger charge is 2.04. The van der Waals surface area contributed by atoms with E-state index in [4.69, 9.17) is 27.9 Å². The Morgan fingerprint density at radius 3 is 2.17 bits per heavy atom. The van der Waals surface area contributed by atoms with E-state index < -0.39 is 0 Å². The lowest BCUT2D eigenvalue weighted by Gasteiger charge is -2.05. The van der Waals surface area contributed by atoms with Crippen LogP contribution in [0.3, 0.4) is 0 Å². The summed E-state index contributed by atoms with van der Waals surface area (Å²) in [6.45, 7) is 0. The molecule has 0 radical (unpaired) electrons. The first-order chi connectivity index (χ1) is 5.75. The molecule has 0 amide bonds. The first-order valence-corrected chi connectivity index (χ1v) is 4.16. The van der Waals surface area contributed by atoms with Gasteiger partial charge in [0.1, 0.15) is 4.49 Å². The van der Waals surface area contributed by atoms with Crippen LogP contribution in [-0.4, -0.2) is 7.11 Å². The van der Waals surface area contributed by atoms with E-state index >= 15 is 0 Å². The van der Waals surface area contributed by atoms with Crippen LogP contribution < -0.4 is 0 Å². The number of benzene rings is 1. The van der Waals surface area contributed by atoms with Gasteiger partial charge in [0.15, 0.2) is 5.76 Å². The Kier molecular flexibility index (Phi) is 3.45. The standard InChI is InChI=1S/C9H8Cl2O/c1-12-8(9(10)11)7-5-3-2-4-6-7/h2-6H,1H3. The lowest BCUT2D eigenvalue weighted by atomic mass is 10.2. The molecule has 0 aliphatic heterocycles. The zero-order valence-electron chi connectivity index (χ0n) is 6.55. The van der Waals surface area contributed by atoms with Crippen molar-refractivity contribution in [3.05, 3.63) is 40.4 Å². The Labute approximate surface area is 81.6 Å². The van der Waals surface area contributed by atoms with E-state index in [1.165, 1.54) is 7.11 Å². The lowest BCUT2D eigenvalue weighted by Crippen LogP contribution is -1.86. The Balaban J connectivity index is 3.05. The zero-order chi connectivity index (χ0) is 8.97. The van der Waals surface area contributed by atoms with Crippen molar-refractivity contribution in [2.45, 2.75) is 0 Å². The van der Waals surface area contributed by atoms with Gasteiger partial charge >= 0.3 is 0 Å². The fourth-order valence-electron chi connectivity index (χ4n) is 0.894. The molecule has 0 aliphatic carbocycles. The summed E-state index contributed by atoms with van der Waals surface area (Å²) < 4.78 is 5.16. The predicted octanol–water partition coefficient (Wildman–Crippen LogP) is 3.44. The van der Waals surface area contributed by atoms with Crippen LogP contribution in [0.5, 0.6) is 0 Å². The molecule has 0 fully saturated rings. The van der Waals surface area contributed by atoms with Gasteiger partial charge in [-0.25, -0.2) is 0 Å². The van der Waals surface area contributed by atoms with Gasteiger partial charge in [0.05, 0.1) is 7.11 Å². The van der Waals surface area contributed by atoms with E-state index in [-0.39, 0.29) is 4.49 Å². The van der Waals surface area contributed by atoms with Gasteiger partial charge in [0.25, 0.3) is 0 Å². The van der Waals surface area contributed by atoms with Gasteiger partial charge in [-0.1, -0.05) is 53.5 Å². The average molecular weight is 203 g/mol. The van der Waals surface area contributed by atoms with Crippen LogP contribution in [-0.2, 0) is 4.74 Å². The fourth-order valence-corrected chi connectivity index (χ4v) is 1.27. The molecule has 1 aromatic carbocycles. The molecule has 0 unspecified atom stereocenters. The summed E-state index contributed by atoms with van der Waals surface area (Å²) in [6.07, 6.45) is 0. The van der Waals surface area contributed by atoms with E-state index in [9.17, 15) is 0 Å². The summed E-state index contributed by atoms with van der Waals surface area (Å²) in [6, 6.07) is 9.46. The molecule has 0 aromatic heterocycles. The maximum Gasteiger partial charge on any atom is 0.156 e. The number of hydrogen-bond donors (Lipinski definition) is 0. The van der Waals surface area contributed by atoms with Gasteiger partial charge < -0.3 is 4.74 Å². The normalized spacial score (nSPS) is 9.25. The minimum Gasteiger partial charge on any atom is -0.494 e. The second-order valence-electron chi connectivity index (χ2n) is 2.16. The second kappa shape index (κ2) is 4.39. The van der Waals surface area contributed by atoms with Crippen LogP contribution in [0.2, 0.25) is 0 Å². The predicted molar refractivity (Wildman–Crippen MR) is 52.1 cm³/mol. The van der Waals surface area contributed by atoms with Crippen molar-refractivity contribution in [1.82, 2.24) is 0 Å². The van der Waals surface area contributed by atoms with Gasteiger partial charge in [0.2, 0.25) is 0 Å². The highest BCUT2D eigenvalue weighted by atomic mass is 35.5. The maximum atomic E-state index is 5.60. The molecule has 0 heterocycles. The van der Waals surface area contributed by atoms with E-state index in [1.807, 2.05) is 30.3 Å². The Bertz CT molecular complexity index is 276. The molecule has 0 atom stereocenters. The summed E-state index contributed by atoms with van der Waals surface area (Å²) in [5.74, 6) is 0.499. The number of halogens is 2. The minimum atomic E-state index is 0.142. The van der Waals surface area contributed by atoms with E-state index in [0.29, 0.717) is 5.76 Å². The number of hydrogen-bond acceptors (Lipinski definition) is 1. The highest BCUT2D eigenvalue weighted by molar-refractivity contribution is 6.58. The third-order valence-corrected chi connectivity index (χ3v) is 1.76. The average Bonchev–Trinajstić information content (AvgIpc) is 2.07. The van der Waals surface area contributed by atoms with Crippen LogP contribution in [0, 0.1) is 0 Å². The van der Waals surface area contributed by atoms with Crippen molar-refractivity contribution in [2.24, 2.45) is 0 Å². The summed E-state index contributed by atoms with van der Waals surface area (Å²) >= 11 is 11.2. The topological polar surface area (TPSA) is 9.23 Å². The molecule has 0 aliphatic rings. The molecule has 0 saturated carbocycles. The third kappa shape index (κ3) is 2.16. The van der Waals surface area contributed by atoms with Crippen molar-refractivity contribution in [3.63, 3.8) is 0 Å². The summed E-state index contributed by atoms with van der Waals surface area (Å²) in [5, 5.41) is 0. The van der Waals surface area contributed by atoms with Crippen molar-refractivity contribution >= 4 is 29.0 Å². The minimum absolute atomic E-state index is 0.142. The lowest BCUT2D eigenvalue weighted by molar-refractivity contribution is 0.370. The van der Waals surface area contributed by atoms with Crippen molar-refractivity contribution in [2.75, 3.05) is 7.11 Å². The zero-order valence-corrected chi connectivity index (χ0v) is 8.06. The molecular weight excluding hydrogens is 195 g/mol. The maximum absolute atomic E-state index is 5.60. The van der Waals surface area contributed by atoms with E-state index in [2.05, 4.69) is 0 Å². The molecule has 1 aromatic rings. The molecule has 0 spiro atoms. The number of methoxy groups -OCH3 is 1. The molecule has 64 valence electrons. The molecule has 0 saturated heterocycles. The van der Waals surface area contributed by atoms with E-state index in [1.54, 1.807) is 0 Å². The Hall–Kier alpha value is -0.660. The highest BCUT2D eigenvalue weighted by Crippen LogP contribution is 2.24. The molecule has 3 heteroatoms. The molecule has 0 bridgehead atoms. The number of ether oxygens (including phenoxy) is 1. The Morgan fingerprint density at radius 1 is 1.17 bits per heavy atom.